The van der Waals surface area contributed by atoms with Crippen LogP contribution < -0.4 is 4.90 Å². The summed E-state index contributed by atoms with van der Waals surface area (Å²) in [5.41, 5.74) is 1.68. The first kappa shape index (κ1) is 19.2. The Hall–Kier alpha value is -2.15. The first-order valence-electron chi connectivity index (χ1n) is 8.47. The van der Waals surface area contributed by atoms with Crippen molar-refractivity contribution in [2.75, 3.05) is 4.90 Å². The minimum Gasteiger partial charge on any atom is -0.481 e. The number of anilines is 1. The highest BCUT2D eigenvalue weighted by molar-refractivity contribution is 8.16. The number of carboxylic acid groups (broad SMARTS) is 1. The number of aliphatic carboxylic acids is 1. The maximum absolute atomic E-state index is 12.7. The summed E-state index contributed by atoms with van der Waals surface area (Å²) in [6, 6.07) is 9.14. The normalized spacial score (nSPS) is 18.6. The van der Waals surface area contributed by atoms with E-state index in [1.54, 1.807) is 12.1 Å². The molecule has 1 N–H and O–H groups in total. The summed E-state index contributed by atoms with van der Waals surface area (Å²) < 4.78 is 0. The SMILES string of the molecule is CCCC(CCC)=NN=C1SC(CC(=O)O)C(=O)N1c1ccccc1. The van der Waals surface area contributed by atoms with Crippen molar-refractivity contribution in [3.8, 4) is 0 Å². The average Bonchev–Trinajstić information content (AvgIpc) is 2.89. The van der Waals surface area contributed by atoms with Crippen LogP contribution in [0.15, 0.2) is 40.5 Å². The predicted octanol–water partition coefficient (Wildman–Crippen LogP) is 3.92. The van der Waals surface area contributed by atoms with Gasteiger partial charge in [-0.05, 0) is 25.0 Å². The van der Waals surface area contributed by atoms with E-state index in [2.05, 4.69) is 24.1 Å². The van der Waals surface area contributed by atoms with Crippen LogP contribution in [0, 0.1) is 0 Å². The number of carboxylic acids is 1. The van der Waals surface area contributed by atoms with Gasteiger partial charge in [0.1, 0.15) is 5.25 Å². The smallest absolute Gasteiger partial charge is 0.305 e. The lowest BCUT2D eigenvalue weighted by atomic mass is 10.1. The fraction of sp³-hybridized carbons (Fsp3) is 0.444. The Morgan fingerprint density at radius 1 is 1.20 bits per heavy atom. The molecular weight excluding hydrogens is 338 g/mol. The first-order chi connectivity index (χ1) is 12.1. The van der Waals surface area contributed by atoms with E-state index in [1.807, 2.05) is 18.2 Å². The van der Waals surface area contributed by atoms with Crippen LogP contribution >= 0.6 is 11.8 Å². The van der Waals surface area contributed by atoms with Gasteiger partial charge in [-0.15, -0.1) is 5.10 Å². The van der Waals surface area contributed by atoms with Gasteiger partial charge in [0.05, 0.1) is 12.1 Å². The van der Waals surface area contributed by atoms with Crippen LogP contribution in [0.25, 0.3) is 0 Å². The number of nitrogens with zero attached hydrogens (tertiary/aromatic N) is 3. The van der Waals surface area contributed by atoms with Gasteiger partial charge in [0.15, 0.2) is 5.17 Å². The summed E-state index contributed by atoms with van der Waals surface area (Å²) in [7, 11) is 0. The maximum atomic E-state index is 12.7. The van der Waals surface area contributed by atoms with Crippen LogP contribution in [0.3, 0.4) is 0 Å². The van der Waals surface area contributed by atoms with Gasteiger partial charge in [-0.3, -0.25) is 14.5 Å². The Kier molecular flexibility index (Phi) is 7.18. The molecule has 1 aromatic rings. The molecule has 1 atom stereocenters. The second-order valence-electron chi connectivity index (χ2n) is 5.76. The second-order valence-corrected chi connectivity index (χ2v) is 6.93. The van der Waals surface area contributed by atoms with Gasteiger partial charge in [-0.25, -0.2) is 0 Å². The molecule has 0 saturated carbocycles. The molecule has 1 amide bonds. The molecule has 1 fully saturated rings. The summed E-state index contributed by atoms with van der Waals surface area (Å²) in [5, 5.41) is 17.5. The zero-order chi connectivity index (χ0) is 18.2. The molecule has 1 heterocycles. The third-order valence-corrected chi connectivity index (χ3v) is 4.79. The monoisotopic (exact) mass is 361 g/mol. The molecule has 0 spiro atoms. The standard InChI is InChI=1S/C18H23N3O3S/c1-3-8-13(9-4-2)19-20-18-21(14-10-6-5-7-11-14)17(24)15(25-18)12-16(22)23/h5-7,10-11,15H,3-4,8-9,12H2,1-2H3,(H,22,23). The number of amides is 1. The zero-order valence-electron chi connectivity index (χ0n) is 14.5. The first-order valence-corrected chi connectivity index (χ1v) is 9.35. The molecule has 1 aromatic carbocycles. The highest BCUT2D eigenvalue weighted by Crippen LogP contribution is 2.33. The summed E-state index contributed by atoms with van der Waals surface area (Å²) in [4.78, 5) is 25.2. The third kappa shape index (κ3) is 5.16. The topological polar surface area (TPSA) is 82.3 Å². The lowest BCUT2D eigenvalue weighted by Crippen LogP contribution is -2.32. The highest BCUT2D eigenvalue weighted by Gasteiger charge is 2.40. The number of rotatable bonds is 8. The molecule has 0 aliphatic carbocycles. The Balaban J connectivity index is 2.34. The predicted molar refractivity (Wildman–Crippen MR) is 102 cm³/mol. The van der Waals surface area contributed by atoms with Gasteiger partial charge < -0.3 is 5.11 Å². The van der Waals surface area contributed by atoms with Crippen molar-refractivity contribution in [3.63, 3.8) is 0 Å². The van der Waals surface area contributed by atoms with Gasteiger partial charge >= 0.3 is 5.97 Å². The van der Waals surface area contributed by atoms with Gasteiger partial charge in [0.25, 0.3) is 0 Å². The van der Waals surface area contributed by atoms with E-state index >= 15 is 0 Å². The molecule has 134 valence electrons. The van der Waals surface area contributed by atoms with Gasteiger partial charge in [-0.2, -0.15) is 5.10 Å². The van der Waals surface area contributed by atoms with Crippen LogP contribution in [0.1, 0.15) is 46.0 Å². The van der Waals surface area contributed by atoms with Crippen LogP contribution in [0.5, 0.6) is 0 Å². The van der Waals surface area contributed by atoms with E-state index in [-0.39, 0.29) is 12.3 Å². The fourth-order valence-electron chi connectivity index (χ4n) is 2.55. The molecule has 1 aliphatic rings. The highest BCUT2D eigenvalue weighted by atomic mass is 32.2. The van der Waals surface area contributed by atoms with Crippen molar-refractivity contribution >= 4 is 40.2 Å². The number of carbonyl (C=O) groups is 2. The lowest BCUT2D eigenvalue weighted by Gasteiger charge is -2.15. The number of carbonyl (C=O) groups excluding carboxylic acids is 1. The molecule has 7 heteroatoms. The number of para-hydroxylation sites is 1. The quantitative estimate of drug-likeness (QED) is 0.562. The molecule has 0 radical (unpaired) electrons. The van der Waals surface area contributed by atoms with Crippen molar-refractivity contribution in [2.45, 2.75) is 51.2 Å². The Bertz CT molecular complexity index is 665. The van der Waals surface area contributed by atoms with Gasteiger partial charge in [0.2, 0.25) is 5.91 Å². The van der Waals surface area contributed by atoms with Crippen LogP contribution in [-0.4, -0.2) is 33.1 Å². The molecule has 1 saturated heterocycles. The molecule has 25 heavy (non-hydrogen) atoms. The van der Waals surface area contributed by atoms with Crippen LogP contribution in [0.2, 0.25) is 0 Å². The summed E-state index contributed by atoms with van der Waals surface area (Å²) >= 11 is 1.17. The Morgan fingerprint density at radius 3 is 2.40 bits per heavy atom. The van der Waals surface area contributed by atoms with Crippen LogP contribution in [0.4, 0.5) is 5.69 Å². The van der Waals surface area contributed by atoms with E-state index in [1.165, 1.54) is 16.7 Å². The van der Waals surface area contributed by atoms with E-state index in [0.29, 0.717) is 10.9 Å². The summed E-state index contributed by atoms with van der Waals surface area (Å²) in [6.45, 7) is 4.18. The van der Waals surface area contributed by atoms with Crippen molar-refractivity contribution in [3.05, 3.63) is 30.3 Å². The number of benzene rings is 1. The molecular formula is C18H23N3O3S. The van der Waals surface area contributed by atoms with Gasteiger partial charge in [-0.1, -0.05) is 56.7 Å². The number of hydrogen-bond acceptors (Lipinski definition) is 5. The molecule has 0 aromatic heterocycles. The Morgan fingerprint density at radius 2 is 1.84 bits per heavy atom. The lowest BCUT2D eigenvalue weighted by molar-refractivity contribution is -0.138. The number of amidine groups is 1. The van der Waals surface area contributed by atoms with E-state index in [0.717, 1.165) is 31.4 Å². The minimum absolute atomic E-state index is 0.230. The van der Waals surface area contributed by atoms with Crippen molar-refractivity contribution in [1.82, 2.24) is 0 Å². The molecule has 1 unspecified atom stereocenters. The second kappa shape index (κ2) is 9.36. The molecule has 6 nitrogen and oxygen atoms in total. The Labute approximate surface area is 152 Å². The average molecular weight is 361 g/mol. The van der Waals surface area contributed by atoms with Crippen molar-refractivity contribution < 1.29 is 14.7 Å². The fourth-order valence-corrected chi connectivity index (χ4v) is 3.63. The maximum Gasteiger partial charge on any atom is 0.305 e. The summed E-state index contributed by atoms with van der Waals surface area (Å²) in [5.74, 6) is -1.26. The van der Waals surface area contributed by atoms with E-state index in [4.69, 9.17) is 5.11 Å². The third-order valence-electron chi connectivity index (χ3n) is 3.66. The number of thioether (sulfide) groups is 1. The largest absolute Gasteiger partial charge is 0.481 e. The van der Waals surface area contributed by atoms with Gasteiger partial charge in [0, 0.05) is 5.71 Å². The summed E-state index contributed by atoms with van der Waals surface area (Å²) in [6.07, 6.45) is 3.48. The zero-order valence-corrected chi connectivity index (χ0v) is 15.3. The number of hydrogen-bond donors (Lipinski definition) is 1. The van der Waals surface area contributed by atoms with Crippen molar-refractivity contribution in [2.24, 2.45) is 10.2 Å². The molecule has 2 rings (SSSR count). The van der Waals surface area contributed by atoms with E-state index in [9.17, 15) is 9.59 Å². The molecule has 0 bridgehead atoms. The van der Waals surface area contributed by atoms with E-state index < -0.39 is 11.2 Å². The van der Waals surface area contributed by atoms with Crippen molar-refractivity contribution in [1.29, 1.82) is 0 Å². The molecule has 1 aliphatic heterocycles. The minimum atomic E-state index is -0.999. The van der Waals surface area contributed by atoms with Crippen LogP contribution in [-0.2, 0) is 9.59 Å².